The maximum atomic E-state index is 2.32. The first-order valence-electron chi connectivity index (χ1n) is 6.78. The van der Waals surface area contributed by atoms with E-state index in [1.54, 1.807) is 5.56 Å². The van der Waals surface area contributed by atoms with Crippen molar-refractivity contribution in [3.05, 3.63) is 34.7 Å². The quantitative estimate of drug-likeness (QED) is 0.572. The van der Waals surface area contributed by atoms with Crippen LogP contribution in [0.4, 0.5) is 0 Å². The maximum Gasteiger partial charge on any atom is 0.0374 e. The largest absolute Gasteiger partial charge is 0.144 e. The van der Waals surface area contributed by atoms with Crippen molar-refractivity contribution < 1.29 is 0 Å². The third kappa shape index (κ3) is 3.10. The normalized spacial score (nSPS) is 11.2. The zero-order valence-electron chi connectivity index (χ0n) is 11.0. The van der Waals surface area contributed by atoms with Crippen molar-refractivity contribution in [2.75, 3.05) is 0 Å². The van der Waals surface area contributed by atoms with Gasteiger partial charge in [0.1, 0.15) is 0 Å². The Kier molecular flexibility index (Phi) is 4.61. The van der Waals surface area contributed by atoms with Gasteiger partial charge in [-0.05, 0) is 47.7 Å². The van der Waals surface area contributed by atoms with Crippen LogP contribution in [-0.2, 0) is 6.42 Å². The number of unbranched alkanes of at least 4 members (excludes halogenated alkanes) is 4. The predicted molar refractivity (Wildman–Crippen MR) is 79.0 cm³/mol. The van der Waals surface area contributed by atoms with E-state index in [0.717, 1.165) is 0 Å². The van der Waals surface area contributed by atoms with E-state index in [-0.39, 0.29) is 0 Å². The summed E-state index contributed by atoms with van der Waals surface area (Å²) in [5.41, 5.74) is 3.06. The summed E-state index contributed by atoms with van der Waals surface area (Å²) in [7, 11) is 0. The van der Waals surface area contributed by atoms with Gasteiger partial charge < -0.3 is 0 Å². The maximum absolute atomic E-state index is 2.32. The summed E-state index contributed by atoms with van der Waals surface area (Å²) in [6, 6.07) is 6.82. The van der Waals surface area contributed by atoms with Crippen molar-refractivity contribution in [3.63, 3.8) is 0 Å². The highest BCUT2D eigenvalue weighted by atomic mass is 32.1. The molecule has 0 unspecified atom stereocenters. The zero-order chi connectivity index (χ0) is 12.1. The Balaban J connectivity index is 1.96. The minimum Gasteiger partial charge on any atom is -0.144 e. The molecular weight excluding hydrogens is 224 g/mol. The molecule has 0 bridgehead atoms. The topological polar surface area (TPSA) is 0 Å². The van der Waals surface area contributed by atoms with Gasteiger partial charge in [0.25, 0.3) is 0 Å². The number of benzene rings is 1. The van der Waals surface area contributed by atoms with E-state index in [1.165, 1.54) is 54.2 Å². The molecule has 0 aliphatic carbocycles. The molecule has 0 amide bonds. The van der Waals surface area contributed by atoms with E-state index in [4.69, 9.17) is 0 Å². The lowest BCUT2D eigenvalue weighted by atomic mass is 10.0. The third-order valence-corrected chi connectivity index (χ3v) is 4.58. The highest BCUT2D eigenvalue weighted by Gasteiger charge is 2.04. The molecule has 0 atom stereocenters. The van der Waals surface area contributed by atoms with Crippen LogP contribution < -0.4 is 0 Å². The van der Waals surface area contributed by atoms with Gasteiger partial charge in [-0.2, -0.15) is 0 Å². The van der Waals surface area contributed by atoms with Gasteiger partial charge in [0.05, 0.1) is 0 Å². The molecule has 0 fully saturated rings. The molecule has 92 valence electrons. The van der Waals surface area contributed by atoms with Crippen LogP contribution in [0.5, 0.6) is 0 Å². The summed E-state index contributed by atoms with van der Waals surface area (Å²) in [6.45, 7) is 4.55. The molecule has 0 N–H and O–H groups in total. The Morgan fingerprint density at radius 1 is 1.00 bits per heavy atom. The fourth-order valence-electron chi connectivity index (χ4n) is 2.41. The Bertz CT molecular complexity index is 467. The van der Waals surface area contributed by atoms with Gasteiger partial charge in [-0.1, -0.05) is 44.7 Å². The SMILES string of the molecule is CCCCCCCc1ccc2ccsc2c1C. The number of fused-ring (bicyclic) bond motifs is 1. The van der Waals surface area contributed by atoms with Crippen molar-refractivity contribution in [2.24, 2.45) is 0 Å². The first kappa shape index (κ1) is 12.6. The van der Waals surface area contributed by atoms with Crippen LogP contribution in [0.15, 0.2) is 23.6 Å². The summed E-state index contributed by atoms with van der Waals surface area (Å²) >= 11 is 1.88. The van der Waals surface area contributed by atoms with Crippen LogP contribution in [-0.4, -0.2) is 0 Å². The fourth-order valence-corrected chi connectivity index (χ4v) is 3.34. The number of hydrogen-bond donors (Lipinski definition) is 0. The first-order valence-corrected chi connectivity index (χ1v) is 7.66. The van der Waals surface area contributed by atoms with Crippen molar-refractivity contribution in [1.29, 1.82) is 0 Å². The molecule has 2 aromatic rings. The van der Waals surface area contributed by atoms with Crippen LogP contribution in [0.3, 0.4) is 0 Å². The lowest BCUT2D eigenvalue weighted by molar-refractivity contribution is 0.632. The summed E-state index contributed by atoms with van der Waals surface area (Å²) in [6.07, 6.45) is 8.11. The van der Waals surface area contributed by atoms with Gasteiger partial charge in [-0.25, -0.2) is 0 Å². The monoisotopic (exact) mass is 246 g/mol. The van der Waals surface area contributed by atoms with E-state index in [2.05, 4.69) is 37.4 Å². The van der Waals surface area contributed by atoms with Crippen LogP contribution in [0.25, 0.3) is 10.1 Å². The van der Waals surface area contributed by atoms with Crippen LogP contribution in [0.1, 0.15) is 50.2 Å². The Labute approximate surface area is 109 Å². The molecule has 2 rings (SSSR count). The summed E-state index contributed by atoms with van der Waals surface area (Å²) in [5.74, 6) is 0. The van der Waals surface area contributed by atoms with Gasteiger partial charge >= 0.3 is 0 Å². The standard InChI is InChI=1S/C16H22S/c1-3-4-5-6-7-8-14-9-10-15-11-12-17-16(15)13(14)2/h9-12H,3-8H2,1-2H3. The molecule has 0 spiro atoms. The van der Waals surface area contributed by atoms with E-state index in [9.17, 15) is 0 Å². The molecule has 0 saturated heterocycles. The average molecular weight is 246 g/mol. The molecular formula is C16H22S. The van der Waals surface area contributed by atoms with Crippen molar-refractivity contribution in [3.8, 4) is 0 Å². The second-order valence-corrected chi connectivity index (χ2v) is 5.77. The van der Waals surface area contributed by atoms with E-state index < -0.39 is 0 Å². The number of rotatable bonds is 6. The first-order chi connectivity index (χ1) is 8.33. The number of hydrogen-bond acceptors (Lipinski definition) is 1. The summed E-state index contributed by atoms with van der Waals surface area (Å²) < 4.78 is 1.48. The molecule has 17 heavy (non-hydrogen) atoms. The number of thiophene rings is 1. The molecule has 0 nitrogen and oxygen atoms in total. The second kappa shape index (κ2) is 6.20. The van der Waals surface area contributed by atoms with E-state index in [0.29, 0.717) is 0 Å². The van der Waals surface area contributed by atoms with Gasteiger partial charge in [0.15, 0.2) is 0 Å². The predicted octanol–water partition coefficient (Wildman–Crippen LogP) is 5.72. The Hall–Kier alpha value is -0.820. The lowest BCUT2D eigenvalue weighted by Gasteiger charge is -2.06. The molecule has 0 radical (unpaired) electrons. The van der Waals surface area contributed by atoms with E-state index >= 15 is 0 Å². The Morgan fingerprint density at radius 2 is 1.82 bits per heavy atom. The van der Waals surface area contributed by atoms with Crippen LogP contribution >= 0.6 is 11.3 Å². The summed E-state index contributed by atoms with van der Waals surface area (Å²) in [5, 5.41) is 3.60. The molecule has 1 aromatic carbocycles. The van der Waals surface area contributed by atoms with Crippen LogP contribution in [0.2, 0.25) is 0 Å². The van der Waals surface area contributed by atoms with Crippen molar-refractivity contribution in [2.45, 2.75) is 52.4 Å². The summed E-state index contributed by atoms with van der Waals surface area (Å²) in [4.78, 5) is 0. The molecule has 0 aliphatic rings. The Morgan fingerprint density at radius 3 is 2.65 bits per heavy atom. The van der Waals surface area contributed by atoms with Crippen molar-refractivity contribution >= 4 is 21.4 Å². The minimum absolute atomic E-state index is 1.25. The smallest absolute Gasteiger partial charge is 0.0374 e. The van der Waals surface area contributed by atoms with Gasteiger partial charge in [0.2, 0.25) is 0 Å². The molecule has 1 heterocycles. The molecule has 1 aromatic heterocycles. The highest BCUT2D eigenvalue weighted by molar-refractivity contribution is 7.17. The van der Waals surface area contributed by atoms with E-state index in [1.807, 2.05) is 11.3 Å². The second-order valence-electron chi connectivity index (χ2n) is 4.85. The molecule has 0 aliphatic heterocycles. The lowest BCUT2D eigenvalue weighted by Crippen LogP contribution is -1.90. The highest BCUT2D eigenvalue weighted by Crippen LogP contribution is 2.27. The van der Waals surface area contributed by atoms with Gasteiger partial charge in [-0.3, -0.25) is 0 Å². The van der Waals surface area contributed by atoms with Gasteiger partial charge in [-0.15, -0.1) is 11.3 Å². The minimum atomic E-state index is 1.25. The zero-order valence-corrected chi connectivity index (χ0v) is 11.8. The van der Waals surface area contributed by atoms with Gasteiger partial charge in [0, 0.05) is 4.70 Å². The number of aryl methyl sites for hydroxylation is 2. The molecule has 0 saturated carbocycles. The average Bonchev–Trinajstić information content (AvgIpc) is 2.80. The van der Waals surface area contributed by atoms with Crippen LogP contribution in [0, 0.1) is 6.92 Å². The molecule has 1 heteroatoms. The van der Waals surface area contributed by atoms with Crippen molar-refractivity contribution in [1.82, 2.24) is 0 Å². The fraction of sp³-hybridized carbons (Fsp3) is 0.500. The third-order valence-electron chi connectivity index (χ3n) is 3.53.